The summed E-state index contributed by atoms with van der Waals surface area (Å²) in [6, 6.07) is 109. The molecule has 0 saturated heterocycles. The maximum Gasteiger partial charge on any atom is 0.164 e. The van der Waals surface area contributed by atoms with E-state index in [1.54, 1.807) is 0 Å². The molecule has 0 aliphatic heterocycles. The van der Waals surface area contributed by atoms with E-state index in [4.69, 9.17) is 29.9 Å². The van der Waals surface area contributed by atoms with E-state index in [9.17, 15) is 0 Å². The van der Waals surface area contributed by atoms with Crippen molar-refractivity contribution in [3.05, 3.63) is 314 Å². The average Bonchev–Trinajstić information content (AvgIpc) is 1.59. The molecule has 14 aromatic carbocycles. The van der Waals surface area contributed by atoms with Gasteiger partial charge in [-0.05, 0) is 167 Å². The first kappa shape index (κ1) is 56.6. The Kier molecular flexibility index (Phi) is 13.2. The molecule has 1 aliphatic rings. The summed E-state index contributed by atoms with van der Waals surface area (Å²) >= 11 is 3.71. The van der Waals surface area contributed by atoms with Gasteiger partial charge in [-0.15, -0.1) is 22.7 Å². The molecule has 0 spiro atoms. The Balaban J connectivity index is 0.636. The zero-order valence-electron chi connectivity index (χ0n) is 52.9. The summed E-state index contributed by atoms with van der Waals surface area (Å²) in [5, 5.41) is 10.1. The van der Waals surface area contributed by atoms with Crippen molar-refractivity contribution in [3.63, 3.8) is 0 Å². The van der Waals surface area contributed by atoms with Gasteiger partial charge < -0.3 is 0 Å². The highest BCUT2D eigenvalue weighted by Gasteiger charge is 2.36. The number of benzene rings is 14. The highest BCUT2D eigenvalue weighted by molar-refractivity contribution is 7.26. The Bertz CT molecular complexity index is 6250. The second kappa shape index (κ2) is 22.6. The van der Waals surface area contributed by atoms with E-state index in [2.05, 4.69) is 281 Å². The lowest BCUT2D eigenvalue weighted by Gasteiger charge is -2.22. The monoisotopic (exact) mass is 1270 g/mol. The molecular weight excluding hydrogens is 1220 g/mol. The zero-order chi connectivity index (χ0) is 64.3. The lowest BCUT2D eigenvalue weighted by atomic mass is 9.81. The Hall–Kier alpha value is -11.9. The molecule has 0 saturated carbocycles. The van der Waals surface area contributed by atoms with Crippen LogP contribution < -0.4 is 0 Å². The molecule has 0 unspecified atom stereocenters. The van der Waals surface area contributed by atoms with Crippen LogP contribution in [0.1, 0.15) is 25.0 Å². The van der Waals surface area contributed by atoms with Gasteiger partial charge in [-0.3, -0.25) is 0 Å². The van der Waals surface area contributed by atoms with Crippen LogP contribution in [-0.4, -0.2) is 29.9 Å². The van der Waals surface area contributed by atoms with Gasteiger partial charge in [-0.2, -0.15) is 0 Å². The third-order valence-corrected chi connectivity index (χ3v) is 21.8. The molecule has 0 amide bonds. The first-order chi connectivity index (χ1) is 47.7. The summed E-state index contributed by atoms with van der Waals surface area (Å²) in [5.41, 5.74) is 19.1. The van der Waals surface area contributed by atoms with Crippen LogP contribution in [0.5, 0.6) is 0 Å². The fraction of sp³-hybridized carbons (Fsp3) is 0.0337. The second-order valence-electron chi connectivity index (χ2n) is 25.8. The van der Waals surface area contributed by atoms with Gasteiger partial charge in [-0.25, -0.2) is 29.9 Å². The molecular formula is C89H56N6S2. The van der Waals surface area contributed by atoms with Crippen LogP contribution >= 0.6 is 22.7 Å². The first-order valence-corrected chi connectivity index (χ1v) is 34.4. The van der Waals surface area contributed by atoms with Crippen LogP contribution in [0.2, 0.25) is 0 Å². The maximum absolute atomic E-state index is 5.31. The summed E-state index contributed by atoms with van der Waals surface area (Å²) in [5.74, 6) is 3.70. The average molecular weight is 1270 g/mol. The van der Waals surface area contributed by atoms with Crippen LogP contribution in [-0.2, 0) is 5.41 Å². The Morgan fingerprint density at radius 1 is 0.206 bits per heavy atom. The molecule has 19 rings (SSSR count). The van der Waals surface area contributed by atoms with Crippen molar-refractivity contribution < 1.29 is 0 Å². The number of aromatic nitrogens is 6. The fourth-order valence-corrected chi connectivity index (χ4v) is 16.8. The van der Waals surface area contributed by atoms with Gasteiger partial charge in [0.25, 0.3) is 0 Å². The number of hydrogen-bond donors (Lipinski definition) is 0. The number of fused-ring (bicyclic) bond motifs is 11. The van der Waals surface area contributed by atoms with Crippen LogP contribution in [0, 0.1) is 0 Å². The van der Waals surface area contributed by atoms with Gasteiger partial charge in [0, 0.05) is 79.1 Å². The van der Waals surface area contributed by atoms with Gasteiger partial charge in [0.05, 0.1) is 0 Å². The minimum atomic E-state index is -0.352. The Morgan fingerprint density at radius 3 is 1.11 bits per heavy atom. The van der Waals surface area contributed by atoms with Gasteiger partial charge in [0.2, 0.25) is 0 Å². The van der Waals surface area contributed by atoms with Crippen molar-refractivity contribution in [1.29, 1.82) is 0 Å². The van der Waals surface area contributed by atoms with E-state index in [0.717, 1.165) is 66.8 Å². The highest BCUT2D eigenvalue weighted by atomic mass is 32.1. The first-order valence-electron chi connectivity index (χ1n) is 32.8. The molecule has 18 aromatic rings. The predicted octanol–water partition coefficient (Wildman–Crippen LogP) is 24.1. The Labute approximate surface area is 568 Å². The van der Waals surface area contributed by atoms with Crippen molar-refractivity contribution in [2.75, 3.05) is 0 Å². The molecule has 0 atom stereocenters. The van der Waals surface area contributed by atoms with E-state index in [1.165, 1.54) is 95.3 Å². The summed E-state index contributed by atoms with van der Waals surface area (Å²) in [6.07, 6.45) is 0. The molecule has 1 aliphatic carbocycles. The molecule has 0 fully saturated rings. The maximum atomic E-state index is 5.31. The van der Waals surface area contributed by atoms with E-state index in [0.29, 0.717) is 34.9 Å². The van der Waals surface area contributed by atoms with Crippen molar-refractivity contribution in [2.24, 2.45) is 0 Å². The van der Waals surface area contributed by atoms with Crippen LogP contribution in [0.15, 0.2) is 303 Å². The van der Waals surface area contributed by atoms with Crippen molar-refractivity contribution in [2.45, 2.75) is 19.3 Å². The smallest absolute Gasteiger partial charge is 0.164 e. The largest absolute Gasteiger partial charge is 0.208 e. The Morgan fingerprint density at radius 2 is 0.577 bits per heavy atom. The molecule has 454 valence electrons. The van der Waals surface area contributed by atoms with E-state index < -0.39 is 0 Å². The van der Waals surface area contributed by atoms with E-state index in [-0.39, 0.29) is 5.41 Å². The molecule has 0 bridgehead atoms. The molecule has 4 heterocycles. The number of hydrogen-bond acceptors (Lipinski definition) is 8. The summed E-state index contributed by atoms with van der Waals surface area (Å²) in [4.78, 5) is 31.4. The lowest BCUT2D eigenvalue weighted by molar-refractivity contribution is 0.661. The summed E-state index contributed by atoms with van der Waals surface area (Å²) in [6.45, 7) is 4.66. The zero-order valence-corrected chi connectivity index (χ0v) is 54.5. The highest BCUT2D eigenvalue weighted by Crippen LogP contribution is 2.51. The van der Waals surface area contributed by atoms with Crippen molar-refractivity contribution in [3.8, 4) is 124 Å². The summed E-state index contributed by atoms with van der Waals surface area (Å²) < 4.78 is 5.24. The standard InChI is InChI=1S/C89H56N6S2/c1-89(2)77-48-60(38-40-70(77)71-41-39-67(49-78(71)89)88-93-84(54-20-7-4-8-21-54)92-87(95-88)65-29-15-24-57(44-65)59-36-37-61-50-81-75(47-68(61)46-59)72-31-9-11-34-79(72)96-81)58-25-16-30-66(45-58)86-91-83(53-18-5-3-6-19-53)90-85(94-86)64-28-14-23-56(43-64)55-22-13-26-62(42-55)69-33-17-27-63-51-82-76(52-74(63)69)73-32-10-12-35-80(73)97-82/h3-52H,1-2H3. The van der Waals surface area contributed by atoms with Crippen molar-refractivity contribution in [1.82, 2.24) is 29.9 Å². The number of rotatable bonds is 10. The third kappa shape index (κ3) is 9.90. The number of thiophene rings is 2. The topological polar surface area (TPSA) is 77.3 Å². The number of nitrogens with zero attached hydrogens (tertiary/aromatic N) is 6. The minimum absolute atomic E-state index is 0.352. The van der Waals surface area contributed by atoms with Crippen LogP contribution in [0.4, 0.5) is 0 Å². The van der Waals surface area contributed by atoms with Gasteiger partial charge in [0.1, 0.15) is 0 Å². The molecule has 97 heavy (non-hydrogen) atoms. The minimum Gasteiger partial charge on any atom is -0.208 e. The molecule has 6 nitrogen and oxygen atoms in total. The molecule has 0 N–H and O–H groups in total. The van der Waals surface area contributed by atoms with Crippen molar-refractivity contribution >= 4 is 84.6 Å². The fourth-order valence-electron chi connectivity index (χ4n) is 14.5. The van der Waals surface area contributed by atoms with Gasteiger partial charge >= 0.3 is 0 Å². The van der Waals surface area contributed by atoms with Crippen LogP contribution in [0.3, 0.4) is 0 Å². The predicted molar refractivity (Wildman–Crippen MR) is 406 cm³/mol. The van der Waals surface area contributed by atoms with Gasteiger partial charge in [-0.1, -0.05) is 238 Å². The molecule has 4 aromatic heterocycles. The SMILES string of the molecule is CC1(C)c2cc(-c3cccc(-c4nc(-c5ccccc5)nc(-c5cccc(-c6cccc(-c7cccc8cc9sc%10ccccc%10c9cc78)c6)c5)n4)c3)ccc2-c2ccc(-c3nc(-c4ccccc4)nc(-c4cccc(-c5ccc6cc7sc8ccccc8c7cc6c5)c4)n3)cc21. The summed E-state index contributed by atoms with van der Waals surface area (Å²) in [7, 11) is 0. The normalized spacial score (nSPS) is 12.5. The second-order valence-corrected chi connectivity index (χ2v) is 28.0. The molecule has 8 heteroatoms. The quantitative estimate of drug-likeness (QED) is 0.136. The van der Waals surface area contributed by atoms with E-state index in [1.807, 2.05) is 59.1 Å². The molecule has 0 radical (unpaired) electrons. The lowest BCUT2D eigenvalue weighted by Crippen LogP contribution is -2.15. The van der Waals surface area contributed by atoms with E-state index >= 15 is 0 Å². The third-order valence-electron chi connectivity index (χ3n) is 19.5. The van der Waals surface area contributed by atoms with Crippen LogP contribution in [0.25, 0.3) is 186 Å². The van der Waals surface area contributed by atoms with Gasteiger partial charge in [0.15, 0.2) is 34.9 Å².